The summed E-state index contributed by atoms with van der Waals surface area (Å²) in [6, 6.07) is 11.4. The molecule has 2 atom stereocenters. The van der Waals surface area contributed by atoms with Gasteiger partial charge in [-0.25, -0.2) is 0 Å². The number of aliphatic imine (C=N–C) groups is 1. The Bertz CT molecular complexity index is 794. The van der Waals surface area contributed by atoms with E-state index in [0.717, 1.165) is 16.8 Å². The first kappa shape index (κ1) is 18.8. The van der Waals surface area contributed by atoms with E-state index in [4.69, 9.17) is 0 Å². The summed E-state index contributed by atoms with van der Waals surface area (Å²) in [6.45, 7) is 3.52. The minimum absolute atomic E-state index is 0.0237. The summed E-state index contributed by atoms with van der Waals surface area (Å²) in [5, 5.41) is 19.7. The predicted octanol–water partition coefficient (Wildman–Crippen LogP) is 1.80. The second-order valence-electron chi connectivity index (χ2n) is 6.43. The quantitative estimate of drug-likeness (QED) is 0.461. The lowest BCUT2D eigenvalue weighted by atomic mass is 9.90. The summed E-state index contributed by atoms with van der Waals surface area (Å²) >= 11 is 0. The number of amides is 1. The predicted molar refractivity (Wildman–Crippen MR) is 106 cm³/mol. The molecule has 0 spiro atoms. The van der Waals surface area contributed by atoms with Crippen molar-refractivity contribution in [2.24, 2.45) is 4.99 Å². The zero-order valence-corrected chi connectivity index (χ0v) is 15.4. The number of carbonyl (C=O) groups excluding carboxylic acids is 1. The maximum absolute atomic E-state index is 12.0. The molecular weight excluding hydrogens is 342 g/mol. The van der Waals surface area contributed by atoms with E-state index < -0.39 is 6.10 Å². The summed E-state index contributed by atoms with van der Waals surface area (Å²) in [4.78, 5) is 20.4. The van der Waals surface area contributed by atoms with Gasteiger partial charge in [0.15, 0.2) is 5.96 Å². The monoisotopic (exact) mass is 367 g/mol. The molecule has 2 heterocycles. The van der Waals surface area contributed by atoms with Crippen LogP contribution in [-0.4, -0.2) is 41.6 Å². The van der Waals surface area contributed by atoms with Gasteiger partial charge in [0.05, 0.1) is 12.6 Å². The van der Waals surface area contributed by atoms with E-state index in [2.05, 4.69) is 25.9 Å². The number of para-hydroxylation sites is 1. The third-order valence-corrected chi connectivity index (χ3v) is 4.48. The minimum atomic E-state index is -0.690. The summed E-state index contributed by atoms with van der Waals surface area (Å²) in [6.07, 6.45) is 3.04. The van der Waals surface area contributed by atoms with Crippen LogP contribution in [0.3, 0.4) is 0 Å². The van der Waals surface area contributed by atoms with Crippen LogP contribution in [0, 0.1) is 0 Å². The molecule has 1 aromatic carbocycles. The average Bonchev–Trinajstić information content (AvgIpc) is 2.70. The van der Waals surface area contributed by atoms with Crippen molar-refractivity contribution >= 4 is 17.6 Å². The number of aliphatic hydroxyl groups is 1. The molecule has 142 valence electrons. The first-order valence-electron chi connectivity index (χ1n) is 9.16. The van der Waals surface area contributed by atoms with E-state index in [0.29, 0.717) is 25.5 Å². The number of fused-ring (bicyclic) bond motifs is 1. The third kappa shape index (κ3) is 5.04. The lowest BCUT2D eigenvalue weighted by molar-refractivity contribution is -0.116. The number of guanidine groups is 1. The van der Waals surface area contributed by atoms with Gasteiger partial charge in [-0.15, -0.1) is 0 Å². The van der Waals surface area contributed by atoms with E-state index in [1.54, 1.807) is 24.5 Å². The maximum atomic E-state index is 12.0. The van der Waals surface area contributed by atoms with Crippen LogP contribution in [0.2, 0.25) is 0 Å². The van der Waals surface area contributed by atoms with Gasteiger partial charge in [-0.1, -0.05) is 18.2 Å². The Kier molecular flexibility index (Phi) is 6.38. The van der Waals surface area contributed by atoms with E-state index in [1.165, 1.54) is 0 Å². The lowest BCUT2D eigenvalue weighted by Crippen LogP contribution is -2.41. The molecule has 7 heteroatoms. The number of nitrogens with one attached hydrogen (secondary N) is 3. The van der Waals surface area contributed by atoms with Crippen LogP contribution in [0.1, 0.15) is 36.5 Å². The zero-order chi connectivity index (χ0) is 19.1. The fourth-order valence-corrected chi connectivity index (χ4v) is 3.11. The fraction of sp³-hybridized carbons (Fsp3) is 0.350. The summed E-state index contributed by atoms with van der Waals surface area (Å²) in [5.74, 6) is 0.716. The summed E-state index contributed by atoms with van der Waals surface area (Å²) < 4.78 is 0. The molecule has 2 aromatic rings. The number of aromatic nitrogens is 1. The molecule has 3 rings (SSSR count). The number of benzene rings is 1. The number of hydrogen-bond donors (Lipinski definition) is 4. The molecular formula is C20H25N5O2. The molecule has 7 nitrogen and oxygen atoms in total. The Labute approximate surface area is 158 Å². The molecule has 1 aliphatic rings. The molecule has 0 fully saturated rings. The normalized spacial score (nSPS) is 17.6. The largest absolute Gasteiger partial charge is 0.386 e. The molecule has 2 unspecified atom stereocenters. The number of aliphatic hydroxyl groups excluding tert-OH is 1. The van der Waals surface area contributed by atoms with E-state index in [9.17, 15) is 9.90 Å². The number of nitrogens with zero attached hydrogens (tertiary/aromatic N) is 2. The SMILES string of the molecule is CCNC(=NCC(O)c1ccncc1)NCC1CC(=O)Nc2ccccc21. The van der Waals surface area contributed by atoms with Crippen LogP contribution in [0.25, 0.3) is 0 Å². The van der Waals surface area contributed by atoms with Gasteiger partial charge in [-0.3, -0.25) is 14.8 Å². The van der Waals surface area contributed by atoms with Crippen molar-refractivity contribution in [2.75, 3.05) is 25.0 Å². The Morgan fingerprint density at radius 1 is 1.30 bits per heavy atom. The Hall–Kier alpha value is -2.93. The Balaban J connectivity index is 1.64. The summed E-state index contributed by atoms with van der Waals surface area (Å²) in [5.41, 5.74) is 2.77. The molecule has 0 aliphatic carbocycles. The number of rotatable bonds is 6. The number of carbonyl (C=O) groups is 1. The molecule has 0 bridgehead atoms. The van der Waals surface area contributed by atoms with Gasteiger partial charge >= 0.3 is 0 Å². The first-order valence-corrected chi connectivity index (χ1v) is 9.16. The molecule has 0 saturated heterocycles. The van der Waals surface area contributed by atoms with Crippen molar-refractivity contribution in [3.05, 3.63) is 59.9 Å². The fourth-order valence-electron chi connectivity index (χ4n) is 3.11. The van der Waals surface area contributed by atoms with Crippen molar-refractivity contribution in [2.45, 2.75) is 25.4 Å². The maximum Gasteiger partial charge on any atom is 0.225 e. The highest BCUT2D eigenvalue weighted by Gasteiger charge is 2.24. The van der Waals surface area contributed by atoms with Crippen LogP contribution in [0.15, 0.2) is 53.8 Å². The van der Waals surface area contributed by atoms with Crippen LogP contribution in [-0.2, 0) is 4.79 Å². The molecule has 0 saturated carbocycles. The number of pyridine rings is 1. The standard InChI is InChI=1S/C20H25N5O2/c1-2-22-20(24-13-18(26)14-7-9-21-10-8-14)23-12-15-11-19(27)25-17-6-4-3-5-16(15)17/h3-10,15,18,26H,2,11-13H2,1H3,(H,25,27)(H2,22,23,24). The van der Waals surface area contributed by atoms with Gasteiger partial charge in [-0.05, 0) is 36.2 Å². The van der Waals surface area contributed by atoms with Crippen molar-refractivity contribution in [3.8, 4) is 0 Å². The number of hydrogen-bond acceptors (Lipinski definition) is 4. The Morgan fingerprint density at radius 2 is 2.07 bits per heavy atom. The van der Waals surface area contributed by atoms with Crippen LogP contribution in [0.5, 0.6) is 0 Å². The van der Waals surface area contributed by atoms with Crippen LogP contribution in [0.4, 0.5) is 5.69 Å². The van der Waals surface area contributed by atoms with E-state index in [1.807, 2.05) is 31.2 Å². The number of anilines is 1. The molecule has 0 radical (unpaired) electrons. The molecule has 1 aliphatic heterocycles. The lowest BCUT2D eigenvalue weighted by Gasteiger charge is -2.26. The van der Waals surface area contributed by atoms with Gasteiger partial charge in [0.1, 0.15) is 0 Å². The third-order valence-electron chi connectivity index (χ3n) is 4.48. The van der Waals surface area contributed by atoms with Crippen LogP contribution < -0.4 is 16.0 Å². The highest BCUT2D eigenvalue weighted by molar-refractivity contribution is 5.94. The van der Waals surface area contributed by atoms with Gasteiger partial charge < -0.3 is 21.1 Å². The van der Waals surface area contributed by atoms with Gasteiger partial charge in [-0.2, -0.15) is 0 Å². The van der Waals surface area contributed by atoms with Crippen LogP contribution >= 0.6 is 0 Å². The topological polar surface area (TPSA) is 98.6 Å². The second kappa shape index (κ2) is 9.14. The van der Waals surface area contributed by atoms with Crippen molar-refractivity contribution < 1.29 is 9.90 Å². The highest BCUT2D eigenvalue weighted by atomic mass is 16.3. The van der Waals surface area contributed by atoms with Crippen molar-refractivity contribution in [1.82, 2.24) is 15.6 Å². The summed E-state index contributed by atoms with van der Waals surface area (Å²) in [7, 11) is 0. The first-order chi connectivity index (χ1) is 13.2. The highest BCUT2D eigenvalue weighted by Crippen LogP contribution is 2.31. The van der Waals surface area contributed by atoms with E-state index in [-0.39, 0.29) is 18.4 Å². The zero-order valence-electron chi connectivity index (χ0n) is 15.4. The molecule has 1 amide bonds. The Morgan fingerprint density at radius 3 is 2.85 bits per heavy atom. The average molecular weight is 367 g/mol. The second-order valence-corrected chi connectivity index (χ2v) is 6.43. The van der Waals surface area contributed by atoms with Crippen molar-refractivity contribution in [1.29, 1.82) is 0 Å². The minimum Gasteiger partial charge on any atom is -0.386 e. The molecule has 4 N–H and O–H groups in total. The molecule has 1 aromatic heterocycles. The van der Waals surface area contributed by atoms with Gasteiger partial charge in [0, 0.05) is 43.5 Å². The van der Waals surface area contributed by atoms with Gasteiger partial charge in [0.25, 0.3) is 0 Å². The van der Waals surface area contributed by atoms with E-state index >= 15 is 0 Å². The smallest absolute Gasteiger partial charge is 0.225 e. The molecule has 27 heavy (non-hydrogen) atoms. The van der Waals surface area contributed by atoms with Crippen molar-refractivity contribution in [3.63, 3.8) is 0 Å². The van der Waals surface area contributed by atoms with Gasteiger partial charge in [0.2, 0.25) is 5.91 Å².